The summed E-state index contributed by atoms with van der Waals surface area (Å²) in [5, 5.41) is 0. The number of urea groups is 2. The average Bonchev–Trinajstić information content (AvgIpc) is 2.06. The number of nitrogens with zero attached hydrogens (tertiary/aromatic N) is 2. The average molecular weight is 382 g/mol. The topological polar surface area (TPSA) is 339 Å². The van der Waals surface area contributed by atoms with Crippen molar-refractivity contribution in [2.24, 2.45) is 44.4 Å². The van der Waals surface area contributed by atoms with Crippen LogP contribution < -0.4 is 34.4 Å². The highest BCUT2D eigenvalue weighted by Gasteiger charge is 2.27. The molecule has 0 unspecified atom stereocenters. The molecule has 0 aromatic carbocycles. The number of guanidine groups is 2. The zero-order valence-electron chi connectivity index (χ0n) is 11.1. The van der Waals surface area contributed by atoms with E-state index in [1.54, 1.807) is 0 Å². The molecule has 0 aromatic rings. The van der Waals surface area contributed by atoms with Gasteiger partial charge in [-0.2, -0.15) is 14.3 Å². The van der Waals surface area contributed by atoms with Crippen LogP contribution in [0.25, 0.3) is 0 Å². The summed E-state index contributed by atoms with van der Waals surface area (Å²) in [6.07, 6.45) is 0. The number of phosphoric acid groups is 2. The predicted octanol–water partition coefficient (Wildman–Crippen LogP) is -4.13. The Balaban J connectivity index is -0.000000264. The molecule has 0 fully saturated rings. The normalized spacial score (nSPS) is 9.91. The summed E-state index contributed by atoms with van der Waals surface area (Å²) in [5.74, 6) is -0.625. The highest BCUT2D eigenvalue weighted by molar-refractivity contribution is 7.60. The molecule has 0 saturated carbocycles. The molecule has 0 aliphatic heterocycles. The highest BCUT2D eigenvalue weighted by atomic mass is 31.3. The van der Waals surface area contributed by atoms with Crippen molar-refractivity contribution in [3.05, 3.63) is 0 Å². The maximum Gasteiger partial charge on any atom is 0.478 e. The summed E-state index contributed by atoms with van der Waals surface area (Å²) in [5.41, 5.74) is 27.9. The van der Waals surface area contributed by atoms with E-state index in [9.17, 15) is 18.7 Å². The van der Waals surface area contributed by atoms with Crippen LogP contribution in [0.1, 0.15) is 0 Å². The zero-order valence-corrected chi connectivity index (χ0v) is 12.9. The first kappa shape index (κ1) is 25.7. The van der Waals surface area contributed by atoms with Gasteiger partial charge >= 0.3 is 27.7 Å². The molecule has 0 radical (unpaired) electrons. The van der Waals surface area contributed by atoms with E-state index in [0.29, 0.717) is 0 Å². The third kappa shape index (κ3) is 45.1. The Kier molecular flexibility index (Phi) is 12.6. The van der Waals surface area contributed by atoms with E-state index in [-0.39, 0.29) is 11.9 Å². The fraction of sp³-hybridized carbons (Fsp3) is 0. The highest BCUT2D eigenvalue weighted by Crippen LogP contribution is 2.53. The Hall–Kier alpha value is -2.26. The summed E-state index contributed by atoms with van der Waals surface area (Å²) < 4.78 is 22.2. The van der Waals surface area contributed by atoms with Crippen LogP contribution in [-0.4, -0.2) is 43.6 Å². The molecule has 0 aliphatic rings. The maximum absolute atomic E-state index is 9.68. The summed E-state index contributed by atoms with van der Waals surface area (Å²) in [4.78, 5) is 56.1. The largest absolute Gasteiger partial charge is 0.478 e. The Bertz CT molecular complexity index is 492. The van der Waals surface area contributed by atoms with Gasteiger partial charge in [0.25, 0.3) is 0 Å². The van der Waals surface area contributed by atoms with E-state index in [0.717, 1.165) is 0 Å². The third-order valence-corrected chi connectivity index (χ3v) is 2.39. The molecule has 0 aliphatic carbocycles. The smallest absolute Gasteiger partial charge is 0.370 e. The van der Waals surface area contributed by atoms with Gasteiger partial charge in [-0.3, -0.25) is 0 Å². The molecular weight excluding hydrogens is 366 g/mol. The molecule has 16 N–H and O–H groups in total. The van der Waals surface area contributed by atoms with Crippen LogP contribution >= 0.6 is 15.6 Å². The van der Waals surface area contributed by atoms with Crippen LogP contribution in [0.5, 0.6) is 0 Å². The molecule has 0 atom stereocenters. The molecule has 23 heavy (non-hydrogen) atoms. The van der Waals surface area contributed by atoms with Gasteiger partial charge in [-0.05, 0) is 0 Å². The van der Waals surface area contributed by atoms with Crippen molar-refractivity contribution in [1.29, 1.82) is 0 Å². The Morgan fingerprint density at radius 3 is 0.913 bits per heavy atom. The molecule has 0 aromatic heterocycles. The zero-order chi connectivity index (χ0) is 19.4. The van der Waals surface area contributed by atoms with E-state index >= 15 is 0 Å². The SMILES string of the molecule is NC(=O)N=C(N)N.NC(=O)N=C(N)N.O=P(O)(O)OP(=O)(O)O. The Morgan fingerprint density at radius 2 is 0.913 bits per heavy atom. The predicted molar refractivity (Wildman–Crippen MR) is 76.0 cm³/mol. The van der Waals surface area contributed by atoms with E-state index in [1.807, 2.05) is 0 Å². The number of carbonyl (C=O) groups is 2. The van der Waals surface area contributed by atoms with Crippen molar-refractivity contribution >= 4 is 39.6 Å². The van der Waals surface area contributed by atoms with Crippen LogP contribution in [-0.2, 0) is 13.4 Å². The van der Waals surface area contributed by atoms with Gasteiger partial charge < -0.3 is 54.0 Å². The third-order valence-electron chi connectivity index (χ3n) is 0.691. The first-order valence-corrected chi connectivity index (χ1v) is 7.63. The van der Waals surface area contributed by atoms with E-state index in [4.69, 9.17) is 42.5 Å². The molecule has 0 spiro atoms. The number of amides is 4. The number of primary amides is 2. The van der Waals surface area contributed by atoms with Crippen molar-refractivity contribution in [1.82, 2.24) is 0 Å². The maximum atomic E-state index is 9.68. The van der Waals surface area contributed by atoms with Gasteiger partial charge in [0.2, 0.25) is 0 Å². The van der Waals surface area contributed by atoms with Gasteiger partial charge in [0, 0.05) is 0 Å². The van der Waals surface area contributed by atoms with Crippen LogP contribution in [0.15, 0.2) is 9.98 Å². The summed E-state index contributed by atoms with van der Waals surface area (Å²) in [7, 11) is -10.1. The van der Waals surface area contributed by atoms with Crippen molar-refractivity contribution in [3.8, 4) is 0 Å². The van der Waals surface area contributed by atoms with Crippen LogP contribution in [0.4, 0.5) is 9.59 Å². The monoisotopic (exact) mass is 382 g/mol. The Morgan fingerprint density at radius 1 is 0.696 bits per heavy atom. The van der Waals surface area contributed by atoms with Crippen molar-refractivity contribution < 1.29 is 42.6 Å². The molecule has 0 bridgehead atoms. The number of hydrogen-bond donors (Lipinski definition) is 10. The van der Waals surface area contributed by atoms with Gasteiger partial charge in [0.1, 0.15) is 0 Å². The Labute approximate surface area is 127 Å². The van der Waals surface area contributed by atoms with Crippen LogP contribution in [0, 0.1) is 0 Å². The minimum atomic E-state index is -5.05. The second-order valence-electron chi connectivity index (χ2n) is 2.81. The lowest BCUT2D eigenvalue weighted by Crippen LogP contribution is -2.25. The molecule has 17 nitrogen and oxygen atoms in total. The van der Waals surface area contributed by atoms with Gasteiger partial charge in [0.05, 0.1) is 0 Å². The fourth-order valence-electron chi connectivity index (χ4n) is 0.393. The van der Waals surface area contributed by atoms with E-state index < -0.39 is 27.7 Å². The van der Waals surface area contributed by atoms with Gasteiger partial charge in [-0.1, -0.05) is 0 Å². The molecule has 4 amide bonds. The van der Waals surface area contributed by atoms with Gasteiger partial charge in [-0.15, -0.1) is 0 Å². The number of nitrogens with two attached hydrogens (primary N) is 6. The number of rotatable bonds is 2. The molecule has 0 heterocycles. The van der Waals surface area contributed by atoms with E-state index in [1.165, 1.54) is 0 Å². The minimum absolute atomic E-state index is 0.312. The summed E-state index contributed by atoms with van der Waals surface area (Å²) in [6.45, 7) is 0. The second-order valence-corrected chi connectivity index (χ2v) is 5.43. The van der Waals surface area contributed by atoms with Crippen molar-refractivity contribution in [3.63, 3.8) is 0 Å². The van der Waals surface area contributed by atoms with Gasteiger partial charge in [-0.25, -0.2) is 18.7 Å². The molecule has 0 rings (SSSR count). The van der Waals surface area contributed by atoms with Crippen LogP contribution in [0.2, 0.25) is 0 Å². The summed E-state index contributed by atoms with van der Waals surface area (Å²) >= 11 is 0. The van der Waals surface area contributed by atoms with Crippen molar-refractivity contribution in [2.45, 2.75) is 0 Å². The molecule has 136 valence electrons. The van der Waals surface area contributed by atoms with E-state index in [2.05, 4.69) is 25.8 Å². The molecule has 19 heteroatoms. The standard InChI is InChI=1S/2C2H6N4O.H4O7P2/c2*3-1(4)6-2(5)7;1-8(2,3)7-9(4,5)6/h2*(H6,3,4,5,6,7);(H2,1,2,3)(H2,4,5,6). The first-order chi connectivity index (χ1) is 9.96. The minimum Gasteiger partial charge on any atom is -0.370 e. The fourth-order valence-corrected chi connectivity index (χ4v) is 1.50. The quantitative estimate of drug-likeness (QED) is 0.123. The lowest BCUT2D eigenvalue weighted by Gasteiger charge is -2.03. The van der Waals surface area contributed by atoms with Gasteiger partial charge in [0.15, 0.2) is 11.9 Å². The summed E-state index contributed by atoms with van der Waals surface area (Å²) in [6, 6.07) is -1.75. The number of hydrogen-bond acceptors (Lipinski definition) is 5. The van der Waals surface area contributed by atoms with Crippen molar-refractivity contribution in [2.75, 3.05) is 0 Å². The second kappa shape index (κ2) is 11.3. The van der Waals surface area contributed by atoms with Crippen LogP contribution in [0.3, 0.4) is 0 Å². The lowest BCUT2D eigenvalue weighted by molar-refractivity contribution is 0.225. The number of carbonyl (C=O) groups excluding carboxylic acids is 2. The number of aliphatic imine (C=N–C) groups is 2. The molecular formula is C4H16N8O9P2. The molecule has 0 saturated heterocycles. The first-order valence-electron chi connectivity index (χ1n) is 4.57. The lowest BCUT2D eigenvalue weighted by atomic mass is 11.0.